The molecule has 0 unspecified atom stereocenters. The van der Waals surface area contributed by atoms with E-state index in [1.54, 1.807) is 6.07 Å². The second-order valence-electron chi connectivity index (χ2n) is 5.58. The Morgan fingerprint density at radius 3 is 2.60 bits per heavy atom. The summed E-state index contributed by atoms with van der Waals surface area (Å²) in [6.07, 6.45) is -2.20. The normalized spacial score (nSPS) is 21.6. The smallest absolute Gasteiger partial charge is 0.487 e. The molecule has 0 aliphatic carbocycles. The number of hydrogen-bond donors (Lipinski definition) is 0. The predicted octanol–water partition coefficient (Wildman–Crippen LogP) is 2.98. The standard InChI is InChI=1S/C14H16F3NO2/c1-18-6-4-13(5-7-18)9-10-8-11(19-14(15,16)17)2-3-12(10)20-13/h2-3,8H,4-7,9H2,1H3. The lowest BCUT2D eigenvalue weighted by Gasteiger charge is -2.37. The molecule has 0 aromatic heterocycles. The van der Waals surface area contributed by atoms with E-state index < -0.39 is 6.36 Å². The third kappa shape index (κ3) is 2.70. The van der Waals surface area contributed by atoms with Gasteiger partial charge < -0.3 is 14.4 Å². The molecule has 2 aliphatic rings. The van der Waals surface area contributed by atoms with Crippen LogP contribution in [0.15, 0.2) is 18.2 Å². The van der Waals surface area contributed by atoms with Crippen molar-refractivity contribution in [3.05, 3.63) is 23.8 Å². The van der Waals surface area contributed by atoms with Crippen LogP contribution < -0.4 is 9.47 Å². The fraction of sp³-hybridized carbons (Fsp3) is 0.571. The largest absolute Gasteiger partial charge is 0.573 e. The highest BCUT2D eigenvalue weighted by atomic mass is 19.4. The molecule has 3 nitrogen and oxygen atoms in total. The van der Waals surface area contributed by atoms with Gasteiger partial charge in [0.05, 0.1) is 0 Å². The van der Waals surface area contributed by atoms with E-state index in [9.17, 15) is 13.2 Å². The van der Waals surface area contributed by atoms with Crippen LogP contribution in [-0.2, 0) is 6.42 Å². The number of halogens is 3. The number of likely N-dealkylation sites (tertiary alicyclic amines) is 1. The maximum absolute atomic E-state index is 12.2. The van der Waals surface area contributed by atoms with Crippen molar-refractivity contribution in [1.29, 1.82) is 0 Å². The number of nitrogens with zero attached hydrogens (tertiary/aromatic N) is 1. The summed E-state index contributed by atoms with van der Waals surface area (Å²) in [6, 6.07) is 4.32. The van der Waals surface area contributed by atoms with Gasteiger partial charge in [0.15, 0.2) is 0 Å². The number of rotatable bonds is 1. The highest BCUT2D eigenvalue weighted by Gasteiger charge is 2.42. The fourth-order valence-electron chi connectivity index (χ4n) is 2.91. The van der Waals surface area contributed by atoms with Crippen LogP contribution in [0.4, 0.5) is 13.2 Å². The summed E-state index contributed by atoms with van der Waals surface area (Å²) in [7, 11) is 2.06. The minimum Gasteiger partial charge on any atom is -0.487 e. The Morgan fingerprint density at radius 1 is 1.25 bits per heavy atom. The Balaban J connectivity index is 1.77. The molecule has 0 saturated carbocycles. The summed E-state index contributed by atoms with van der Waals surface area (Å²) in [5, 5.41) is 0. The summed E-state index contributed by atoms with van der Waals surface area (Å²) >= 11 is 0. The SMILES string of the molecule is CN1CCC2(CC1)Cc1cc(OC(F)(F)F)ccc1O2. The number of ether oxygens (including phenoxy) is 2. The third-order valence-corrected chi connectivity index (χ3v) is 4.00. The fourth-order valence-corrected chi connectivity index (χ4v) is 2.91. The second-order valence-corrected chi connectivity index (χ2v) is 5.58. The third-order valence-electron chi connectivity index (χ3n) is 4.00. The average molecular weight is 287 g/mol. The molecule has 1 aromatic carbocycles. The molecule has 0 N–H and O–H groups in total. The van der Waals surface area contributed by atoms with E-state index >= 15 is 0 Å². The van der Waals surface area contributed by atoms with Crippen LogP contribution in [0.2, 0.25) is 0 Å². The van der Waals surface area contributed by atoms with Crippen molar-refractivity contribution in [2.75, 3.05) is 20.1 Å². The van der Waals surface area contributed by atoms with Gasteiger partial charge in [0.25, 0.3) is 0 Å². The molecule has 2 aliphatic heterocycles. The van der Waals surface area contributed by atoms with Crippen molar-refractivity contribution in [3.8, 4) is 11.5 Å². The Labute approximate surface area is 115 Å². The highest BCUT2D eigenvalue weighted by molar-refractivity contribution is 5.44. The molecule has 1 aromatic rings. The van der Waals surface area contributed by atoms with Crippen LogP contribution in [0.25, 0.3) is 0 Å². The number of benzene rings is 1. The molecule has 3 rings (SSSR count). The van der Waals surface area contributed by atoms with Gasteiger partial charge in [-0.2, -0.15) is 0 Å². The lowest BCUT2D eigenvalue weighted by molar-refractivity contribution is -0.274. The second kappa shape index (κ2) is 4.55. The van der Waals surface area contributed by atoms with Crippen molar-refractivity contribution < 1.29 is 22.6 Å². The summed E-state index contributed by atoms with van der Waals surface area (Å²) in [5.41, 5.74) is 0.558. The summed E-state index contributed by atoms with van der Waals surface area (Å²) in [6.45, 7) is 1.89. The minimum atomic E-state index is -4.65. The number of alkyl halides is 3. The maximum atomic E-state index is 12.2. The molecule has 0 radical (unpaired) electrons. The zero-order valence-corrected chi connectivity index (χ0v) is 11.2. The molecular weight excluding hydrogens is 271 g/mol. The quantitative estimate of drug-likeness (QED) is 0.792. The van der Waals surface area contributed by atoms with Gasteiger partial charge in [0.2, 0.25) is 0 Å². The van der Waals surface area contributed by atoms with E-state index in [1.807, 2.05) is 0 Å². The van der Waals surface area contributed by atoms with Crippen molar-refractivity contribution in [1.82, 2.24) is 4.90 Å². The van der Waals surface area contributed by atoms with E-state index in [2.05, 4.69) is 16.7 Å². The van der Waals surface area contributed by atoms with E-state index in [1.165, 1.54) is 12.1 Å². The Bertz CT molecular complexity index is 508. The lowest BCUT2D eigenvalue weighted by atomic mass is 9.87. The van der Waals surface area contributed by atoms with Gasteiger partial charge in [-0.1, -0.05) is 0 Å². The van der Waals surface area contributed by atoms with Gasteiger partial charge in [0.1, 0.15) is 17.1 Å². The van der Waals surface area contributed by atoms with E-state index in [-0.39, 0.29) is 11.4 Å². The van der Waals surface area contributed by atoms with Gasteiger partial charge in [-0.15, -0.1) is 13.2 Å². The first-order valence-corrected chi connectivity index (χ1v) is 6.62. The van der Waals surface area contributed by atoms with E-state index in [0.29, 0.717) is 12.2 Å². The first-order chi connectivity index (χ1) is 9.35. The molecule has 110 valence electrons. The van der Waals surface area contributed by atoms with Crippen LogP contribution in [0, 0.1) is 0 Å². The maximum Gasteiger partial charge on any atom is 0.573 e. The molecule has 2 heterocycles. The summed E-state index contributed by atoms with van der Waals surface area (Å²) in [4.78, 5) is 2.23. The van der Waals surface area contributed by atoms with Crippen LogP contribution in [0.1, 0.15) is 18.4 Å². The van der Waals surface area contributed by atoms with E-state index in [0.717, 1.165) is 31.5 Å². The Kier molecular flexibility index (Phi) is 3.08. The van der Waals surface area contributed by atoms with Crippen molar-refractivity contribution in [2.24, 2.45) is 0 Å². The molecular formula is C14H16F3NO2. The van der Waals surface area contributed by atoms with Crippen LogP contribution in [0.3, 0.4) is 0 Å². The van der Waals surface area contributed by atoms with Gasteiger partial charge >= 0.3 is 6.36 Å². The number of piperidine rings is 1. The number of fused-ring (bicyclic) bond motifs is 1. The molecule has 0 amide bonds. The Hall–Kier alpha value is -1.43. The van der Waals surface area contributed by atoms with Crippen molar-refractivity contribution in [2.45, 2.75) is 31.2 Å². The Morgan fingerprint density at radius 2 is 1.95 bits per heavy atom. The molecule has 0 atom stereocenters. The van der Waals surface area contributed by atoms with Gasteiger partial charge in [-0.05, 0) is 25.2 Å². The van der Waals surface area contributed by atoms with Gasteiger partial charge in [-0.25, -0.2) is 0 Å². The lowest BCUT2D eigenvalue weighted by Crippen LogP contribution is -2.45. The van der Waals surface area contributed by atoms with Crippen LogP contribution >= 0.6 is 0 Å². The van der Waals surface area contributed by atoms with Crippen LogP contribution in [0.5, 0.6) is 11.5 Å². The minimum absolute atomic E-state index is 0.176. The monoisotopic (exact) mass is 287 g/mol. The van der Waals surface area contributed by atoms with Gasteiger partial charge in [-0.3, -0.25) is 0 Å². The first kappa shape index (κ1) is 13.5. The van der Waals surface area contributed by atoms with Crippen molar-refractivity contribution in [3.63, 3.8) is 0 Å². The van der Waals surface area contributed by atoms with Gasteiger partial charge in [0, 0.05) is 37.9 Å². The predicted molar refractivity (Wildman–Crippen MR) is 66.9 cm³/mol. The summed E-state index contributed by atoms with van der Waals surface area (Å²) < 4.78 is 46.6. The molecule has 20 heavy (non-hydrogen) atoms. The topological polar surface area (TPSA) is 21.7 Å². The van der Waals surface area contributed by atoms with Crippen molar-refractivity contribution >= 4 is 0 Å². The van der Waals surface area contributed by atoms with Crippen LogP contribution in [-0.4, -0.2) is 37.0 Å². The molecule has 0 bridgehead atoms. The highest BCUT2D eigenvalue weighted by Crippen LogP contribution is 2.42. The molecule has 1 saturated heterocycles. The average Bonchev–Trinajstić information content (AvgIpc) is 2.69. The molecule has 1 spiro atoms. The summed E-state index contributed by atoms with van der Waals surface area (Å²) in [5.74, 6) is 0.508. The zero-order chi connectivity index (χ0) is 14.4. The first-order valence-electron chi connectivity index (χ1n) is 6.62. The number of hydrogen-bond acceptors (Lipinski definition) is 3. The molecule has 1 fully saturated rings. The zero-order valence-electron chi connectivity index (χ0n) is 11.2. The van der Waals surface area contributed by atoms with E-state index in [4.69, 9.17) is 4.74 Å². The molecule has 6 heteroatoms.